The van der Waals surface area contributed by atoms with E-state index in [4.69, 9.17) is 5.73 Å². The van der Waals surface area contributed by atoms with E-state index in [-0.39, 0.29) is 30.2 Å². The van der Waals surface area contributed by atoms with Crippen molar-refractivity contribution in [2.24, 2.45) is 17.6 Å². The van der Waals surface area contributed by atoms with Crippen molar-refractivity contribution in [1.82, 2.24) is 4.90 Å². The first-order valence-corrected chi connectivity index (χ1v) is 8.07. The van der Waals surface area contributed by atoms with Crippen molar-refractivity contribution in [3.8, 4) is 0 Å². The van der Waals surface area contributed by atoms with Gasteiger partial charge >= 0.3 is 0 Å². The number of nitrogens with one attached hydrogen (secondary N) is 1. The van der Waals surface area contributed by atoms with Crippen LogP contribution < -0.4 is 11.1 Å². The summed E-state index contributed by atoms with van der Waals surface area (Å²) in [6.07, 6.45) is 3.52. The number of aryl methyl sites for hydroxylation is 1. The van der Waals surface area contributed by atoms with Gasteiger partial charge in [0.15, 0.2) is 0 Å². The third-order valence-corrected chi connectivity index (χ3v) is 5.05. The monoisotopic (exact) mass is 341 g/mol. The van der Waals surface area contributed by atoms with Crippen LogP contribution in [0.25, 0.3) is 0 Å². The highest BCUT2D eigenvalue weighted by atomic mass is 35.5. The Morgan fingerprint density at radius 1 is 1.39 bits per heavy atom. The van der Waals surface area contributed by atoms with Gasteiger partial charge in [0, 0.05) is 24.8 Å². The van der Waals surface area contributed by atoms with E-state index in [0.29, 0.717) is 29.6 Å². The molecule has 6 heteroatoms. The fourth-order valence-corrected chi connectivity index (χ4v) is 3.81. The molecule has 1 saturated heterocycles. The Morgan fingerprint density at radius 3 is 2.87 bits per heavy atom. The van der Waals surface area contributed by atoms with E-state index in [1.165, 1.54) is 18.9 Å². The van der Waals surface area contributed by atoms with Crippen LogP contribution >= 0.6 is 12.4 Å². The number of hydrogen-bond donors (Lipinski definition) is 2. The molecule has 1 aromatic rings. The van der Waals surface area contributed by atoms with Crippen molar-refractivity contribution in [2.75, 3.05) is 25.0 Å². The molecule has 3 unspecified atom stereocenters. The molecule has 0 aromatic heterocycles. The Labute approximate surface area is 143 Å². The fourth-order valence-electron chi connectivity index (χ4n) is 3.81. The number of anilines is 1. The van der Waals surface area contributed by atoms with E-state index in [0.717, 1.165) is 19.5 Å². The van der Waals surface area contributed by atoms with Crippen LogP contribution in [-0.2, 0) is 4.79 Å². The van der Waals surface area contributed by atoms with E-state index < -0.39 is 0 Å². The summed E-state index contributed by atoms with van der Waals surface area (Å²) in [5.41, 5.74) is 7.29. The number of rotatable bonds is 3. The molecule has 1 heterocycles. The molecule has 3 atom stereocenters. The summed E-state index contributed by atoms with van der Waals surface area (Å²) < 4.78 is 13.5. The van der Waals surface area contributed by atoms with Gasteiger partial charge in [-0.15, -0.1) is 12.4 Å². The predicted octanol–water partition coefficient (Wildman–Crippen LogP) is 2.55. The summed E-state index contributed by atoms with van der Waals surface area (Å²) in [7, 11) is 0. The molecular weight excluding hydrogens is 317 g/mol. The van der Waals surface area contributed by atoms with Crippen molar-refractivity contribution in [2.45, 2.75) is 32.2 Å². The summed E-state index contributed by atoms with van der Waals surface area (Å²) in [5.74, 6) is 0.776. The van der Waals surface area contributed by atoms with Gasteiger partial charge in [-0.05, 0) is 49.3 Å². The van der Waals surface area contributed by atoms with Gasteiger partial charge in [0.25, 0.3) is 0 Å². The smallest absolute Gasteiger partial charge is 0.238 e. The topological polar surface area (TPSA) is 58.4 Å². The van der Waals surface area contributed by atoms with Gasteiger partial charge in [0.05, 0.1) is 6.54 Å². The molecule has 2 aliphatic rings. The lowest BCUT2D eigenvalue weighted by atomic mass is 9.78. The number of likely N-dealkylation sites (tertiary alicyclic amines) is 1. The van der Waals surface area contributed by atoms with Crippen molar-refractivity contribution in [3.63, 3.8) is 0 Å². The second kappa shape index (κ2) is 7.60. The summed E-state index contributed by atoms with van der Waals surface area (Å²) in [4.78, 5) is 14.3. The van der Waals surface area contributed by atoms with Gasteiger partial charge in [0.1, 0.15) is 5.82 Å². The maximum atomic E-state index is 13.5. The summed E-state index contributed by atoms with van der Waals surface area (Å²) in [5, 5.41) is 2.78. The number of halogens is 2. The molecule has 1 aliphatic carbocycles. The molecule has 1 saturated carbocycles. The molecule has 4 nitrogen and oxygen atoms in total. The molecule has 0 spiro atoms. The van der Waals surface area contributed by atoms with Crippen LogP contribution in [-0.4, -0.2) is 36.5 Å². The number of carbonyl (C=O) groups excluding carboxylic acids is 1. The third kappa shape index (κ3) is 4.22. The summed E-state index contributed by atoms with van der Waals surface area (Å²) in [6.45, 7) is 3.92. The molecule has 1 aromatic carbocycles. The van der Waals surface area contributed by atoms with E-state index in [1.54, 1.807) is 19.1 Å². The molecule has 3 N–H and O–H groups in total. The quantitative estimate of drug-likeness (QED) is 0.888. The molecule has 0 radical (unpaired) electrons. The maximum absolute atomic E-state index is 13.5. The maximum Gasteiger partial charge on any atom is 0.238 e. The van der Waals surface area contributed by atoms with Gasteiger partial charge in [-0.25, -0.2) is 4.39 Å². The second-order valence-electron chi connectivity index (χ2n) is 6.72. The Bertz CT molecular complexity index is 569. The Balaban J connectivity index is 0.00000192. The highest BCUT2D eigenvalue weighted by Gasteiger charge is 2.38. The summed E-state index contributed by atoms with van der Waals surface area (Å²) >= 11 is 0. The van der Waals surface area contributed by atoms with Crippen LogP contribution in [0.4, 0.5) is 10.1 Å². The first kappa shape index (κ1) is 18.2. The molecule has 128 valence electrons. The van der Waals surface area contributed by atoms with E-state index in [1.807, 2.05) is 0 Å². The zero-order valence-electron chi connectivity index (χ0n) is 13.4. The van der Waals surface area contributed by atoms with Gasteiger partial charge in [-0.3, -0.25) is 9.69 Å². The van der Waals surface area contributed by atoms with Crippen LogP contribution in [0.5, 0.6) is 0 Å². The van der Waals surface area contributed by atoms with Crippen molar-refractivity contribution in [1.29, 1.82) is 0 Å². The fraction of sp³-hybridized carbons (Fsp3) is 0.588. The van der Waals surface area contributed by atoms with E-state index >= 15 is 0 Å². The summed E-state index contributed by atoms with van der Waals surface area (Å²) in [6, 6.07) is 5.05. The first-order valence-electron chi connectivity index (χ1n) is 8.07. The number of hydrogen-bond acceptors (Lipinski definition) is 3. The van der Waals surface area contributed by atoms with Crippen LogP contribution in [0.15, 0.2) is 18.2 Å². The van der Waals surface area contributed by atoms with Gasteiger partial charge in [-0.2, -0.15) is 0 Å². The Kier molecular flexibility index (Phi) is 6.00. The van der Waals surface area contributed by atoms with Gasteiger partial charge < -0.3 is 11.1 Å². The number of amides is 1. The van der Waals surface area contributed by atoms with Gasteiger partial charge in [0.2, 0.25) is 5.91 Å². The number of carbonyl (C=O) groups is 1. The van der Waals surface area contributed by atoms with Crippen LogP contribution in [0.2, 0.25) is 0 Å². The zero-order chi connectivity index (χ0) is 15.7. The molecule has 2 fully saturated rings. The van der Waals surface area contributed by atoms with Crippen LogP contribution in [0.3, 0.4) is 0 Å². The van der Waals surface area contributed by atoms with E-state index in [9.17, 15) is 9.18 Å². The minimum absolute atomic E-state index is 0. The molecular formula is C17H25ClFN3O. The number of fused-ring (bicyclic) bond motifs is 1. The lowest BCUT2D eigenvalue weighted by Crippen LogP contribution is -2.38. The molecule has 3 rings (SSSR count). The highest BCUT2D eigenvalue weighted by Crippen LogP contribution is 2.35. The van der Waals surface area contributed by atoms with E-state index in [2.05, 4.69) is 10.2 Å². The normalized spacial score (nSPS) is 27.2. The third-order valence-electron chi connectivity index (χ3n) is 5.05. The molecule has 23 heavy (non-hydrogen) atoms. The molecule has 1 amide bonds. The Hall–Kier alpha value is -1.17. The lowest BCUT2D eigenvalue weighted by molar-refractivity contribution is -0.117. The number of benzene rings is 1. The van der Waals surface area contributed by atoms with Crippen LogP contribution in [0, 0.1) is 24.6 Å². The largest absolute Gasteiger partial charge is 0.327 e. The van der Waals surface area contributed by atoms with Crippen molar-refractivity contribution < 1.29 is 9.18 Å². The first-order chi connectivity index (χ1) is 10.5. The lowest BCUT2D eigenvalue weighted by Gasteiger charge is -2.29. The average Bonchev–Trinajstić information content (AvgIpc) is 2.87. The van der Waals surface area contributed by atoms with Crippen molar-refractivity contribution in [3.05, 3.63) is 29.6 Å². The van der Waals surface area contributed by atoms with Gasteiger partial charge in [-0.1, -0.05) is 12.5 Å². The second-order valence-corrected chi connectivity index (χ2v) is 6.72. The molecule has 1 aliphatic heterocycles. The Morgan fingerprint density at radius 2 is 2.17 bits per heavy atom. The minimum Gasteiger partial charge on any atom is -0.327 e. The van der Waals surface area contributed by atoms with Crippen LogP contribution in [0.1, 0.15) is 24.8 Å². The minimum atomic E-state index is -0.295. The SMILES string of the molecule is Cc1ccc(NC(=O)CN2CC3CCCC(N)C3C2)cc1F.Cl. The standard InChI is InChI=1S/C17H24FN3O.ClH/c1-11-5-6-13(7-15(11)18)20-17(22)10-21-8-12-3-2-4-16(19)14(12)9-21;/h5-7,12,14,16H,2-4,8-10,19H2,1H3,(H,20,22);1H. The number of nitrogens with zero attached hydrogens (tertiary/aromatic N) is 1. The predicted molar refractivity (Wildman–Crippen MR) is 92.3 cm³/mol. The average molecular weight is 342 g/mol. The highest BCUT2D eigenvalue weighted by molar-refractivity contribution is 5.92. The van der Waals surface area contributed by atoms with Crippen molar-refractivity contribution >= 4 is 24.0 Å². The molecule has 0 bridgehead atoms. The number of nitrogens with two attached hydrogens (primary N) is 1. The zero-order valence-corrected chi connectivity index (χ0v) is 14.2.